The van der Waals surface area contributed by atoms with E-state index in [0.29, 0.717) is 15.6 Å². The Morgan fingerprint density at radius 3 is 2.55 bits per heavy atom. The number of hydrogen-bond acceptors (Lipinski definition) is 2. The maximum Gasteiger partial charge on any atom is 0.158 e. The Bertz CT molecular complexity index is 631. The highest BCUT2D eigenvalue weighted by Gasteiger charge is 2.29. The van der Waals surface area contributed by atoms with Gasteiger partial charge in [0.2, 0.25) is 0 Å². The summed E-state index contributed by atoms with van der Waals surface area (Å²) in [5.74, 6) is -0.245. The smallest absolute Gasteiger partial charge is 0.158 e. The van der Waals surface area contributed by atoms with Crippen LogP contribution in [0.4, 0.5) is 0 Å². The Morgan fingerprint density at radius 1 is 1.30 bits per heavy atom. The van der Waals surface area contributed by atoms with Crippen molar-refractivity contribution in [1.82, 2.24) is 4.90 Å². The van der Waals surface area contributed by atoms with Crippen molar-refractivity contribution in [1.29, 1.82) is 0 Å². The largest absolute Gasteiger partial charge is 0.351 e. The van der Waals surface area contributed by atoms with E-state index in [1.54, 1.807) is 13.0 Å². The Labute approximate surface area is 129 Å². The predicted octanol–water partition coefficient (Wildman–Crippen LogP) is 4.59. The first-order valence-electron chi connectivity index (χ1n) is 6.34. The van der Waals surface area contributed by atoms with E-state index < -0.39 is 0 Å². The van der Waals surface area contributed by atoms with Gasteiger partial charge in [-0.05, 0) is 38.5 Å². The molecule has 0 aromatic heterocycles. The monoisotopic (exact) mass is 308 g/mol. The van der Waals surface area contributed by atoms with Crippen molar-refractivity contribution in [2.75, 3.05) is 7.05 Å². The predicted molar refractivity (Wildman–Crippen MR) is 82.8 cm³/mol. The highest BCUT2D eigenvalue weighted by atomic mass is 35.5. The van der Waals surface area contributed by atoms with Crippen LogP contribution in [0, 0.1) is 6.08 Å². The van der Waals surface area contributed by atoms with Crippen LogP contribution in [0.15, 0.2) is 35.2 Å². The molecule has 0 spiro atoms. The molecule has 1 unspecified atom stereocenters. The number of carbonyl (C=O) groups is 1. The van der Waals surface area contributed by atoms with E-state index in [-0.39, 0.29) is 11.7 Å². The van der Waals surface area contributed by atoms with Crippen LogP contribution in [0.1, 0.15) is 32.3 Å². The van der Waals surface area contributed by atoms with Gasteiger partial charge in [0.15, 0.2) is 5.78 Å². The summed E-state index contributed by atoms with van der Waals surface area (Å²) in [5, 5.41) is 0.971. The van der Waals surface area contributed by atoms with Crippen LogP contribution < -0.4 is 0 Å². The molecule has 0 saturated heterocycles. The standard InChI is InChI=1S/C16H16Cl2NO/c1-9-8-13(12-6-5-7-14(17)16(12)18)15(11(3)20)10(2)19(9)4/h5-7,13H,1-4H3. The summed E-state index contributed by atoms with van der Waals surface area (Å²) >= 11 is 12.4. The lowest BCUT2D eigenvalue weighted by molar-refractivity contribution is -0.114. The number of nitrogens with zero attached hydrogens (tertiary/aromatic N) is 1. The van der Waals surface area contributed by atoms with Crippen LogP contribution in [0.5, 0.6) is 0 Å². The Kier molecular flexibility index (Phi) is 4.26. The maximum atomic E-state index is 12.0. The van der Waals surface area contributed by atoms with Crippen LogP contribution in [0.2, 0.25) is 10.0 Å². The van der Waals surface area contributed by atoms with Crippen molar-refractivity contribution in [3.8, 4) is 0 Å². The van der Waals surface area contributed by atoms with Gasteiger partial charge in [0, 0.05) is 29.9 Å². The third-order valence-electron chi connectivity index (χ3n) is 3.71. The number of benzene rings is 1. The van der Waals surface area contributed by atoms with E-state index in [9.17, 15) is 4.79 Å². The minimum Gasteiger partial charge on any atom is -0.351 e. The number of carbonyl (C=O) groups excluding carboxylic acids is 1. The lowest BCUT2D eigenvalue weighted by atomic mass is 9.84. The zero-order valence-electron chi connectivity index (χ0n) is 11.9. The van der Waals surface area contributed by atoms with Crippen molar-refractivity contribution in [3.05, 3.63) is 56.9 Å². The molecule has 1 aromatic carbocycles. The first kappa shape index (κ1) is 15.1. The molecule has 1 aromatic rings. The molecule has 4 heteroatoms. The van der Waals surface area contributed by atoms with Gasteiger partial charge in [-0.15, -0.1) is 0 Å². The molecule has 1 heterocycles. The van der Waals surface area contributed by atoms with Crippen LogP contribution in [0.3, 0.4) is 0 Å². The molecule has 0 amide bonds. The second-order valence-electron chi connectivity index (χ2n) is 4.92. The van der Waals surface area contributed by atoms with Gasteiger partial charge in [0.05, 0.1) is 10.0 Å². The van der Waals surface area contributed by atoms with Crippen molar-refractivity contribution >= 4 is 29.0 Å². The summed E-state index contributed by atoms with van der Waals surface area (Å²) in [6.07, 6.45) is 3.33. The summed E-state index contributed by atoms with van der Waals surface area (Å²) in [6, 6.07) is 5.47. The second-order valence-corrected chi connectivity index (χ2v) is 5.71. The van der Waals surface area contributed by atoms with Gasteiger partial charge in [0.1, 0.15) is 0 Å². The Morgan fingerprint density at radius 2 is 1.95 bits per heavy atom. The average molecular weight is 309 g/mol. The highest BCUT2D eigenvalue weighted by Crippen LogP contribution is 2.40. The summed E-state index contributed by atoms with van der Waals surface area (Å²) in [7, 11) is 1.93. The molecule has 1 aliphatic heterocycles. The van der Waals surface area contributed by atoms with Gasteiger partial charge in [-0.25, -0.2) is 0 Å². The number of hydrogen-bond donors (Lipinski definition) is 0. The fourth-order valence-corrected chi connectivity index (χ4v) is 2.87. The topological polar surface area (TPSA) is 20.3 Å². The third kappa shape index (κ3) is 2.50. The molecule has 1 aliphatic rings. The molecular formula is C16H16Cl2NO. The molecule has 0 N–H and O–H groups in total. The van der Waals surface area contributed by atoms with Crippen molar-refractivity contribution in [2.45, 2.75) is 26.7 Å². The van der Waals surface area contributed by atoms with E-state index in [4.69, 9.17) is 23.2 Å². The molecule has 2 nitrogen and oxygen atoms in total. The Balaban J connectivity index is 2.64. The first-order chi connectivity index (χ1) is 9.34. The first-order valence-corrected chi connectivity index (χ1v) is 7.09. The third-order valence-corrected chi connectivity index (χ3v) is 4.54. The van der Waals surface area contributed by atoms with Gasteiger partial charge in [0.25, 0.3) is 0 Å². The molecule has 1 radical (unpaired) electrons. The van der Waals surface area contributed by atoms with E-state index >= 15 is 0 Å². The van der Waals surface area contributed by atoms with E-state index in [0.717, 1.165) is 17.0 Å². The number of halogens is 2. The van der Waals surface area contributed by atoms with E-state index in [1.165, 1.54) is 0 Å². The van der Waals surface area contributed by atoms with Gasteiger partial charge in [-0.2, -0.15) is 0 Å². The van der Waals surface area contributed by atoms with Crippen LogP contribution in [0.25, 0.3) is 0 Å². The van der Waals surface area contributed by atoms with Gasteiger partial charge < -0.3 is 4.90 Å². The van der Waals surface area contributed by atoms with E-state index in [2.05, 4.69) is 6.08 Å². The lowest BCUT2D eigenvalue weighted by Gasteiger charge is -2.32. The zero-order chi connectivity index (χ0) is 15.0. The summed E-state index contributed by atoms with van der Waals surface area (Å²) in [5.41, 5.74) is 3.42. The molecule has 0 fully saturated rings. The molecule has 0 aliphatic carbocycles. The molecule has 0 saturated carbocycles. The molecule has 0 bridgehead atoms. The second kappa shape index (κ2) is 5.63. The molecule has 20 heavy (non-hydrogen) atoms. The lowest BCUT2D eigenvalue weighted by Crippen LogP contribution is -2.26. The van der Waals surface area contributed by atoms with Crippen molar-refractivity contribution < 1.29 is 4.79 Å². The maximum absolute atomic E-state index is 12.0. The number of ketones is 1. The van der Waals surface area contributed by atoms with Gasteiger partial charge >= 0.3 is 0 Å². The zero-order valence-corrected chi connectivity index (χ0v) is 13.4. The van der Waals surface area contributed by atoms with Crippen LogP contribution in [-0.4, -0.2) is 17.7 Å². The molecule has 105 valence electrons. The fourth-order valence-electron chi connectivity index (χ4n) is 2.45. The number of rotatable bonds is 2. The number of allylic oxidation sites excluding steroid dienone is 4. The summed E-state index contributed by atoms with van der Waals surface area (Å²) < 4.78 is 0. The van der Waals surface area contributed by atoms with Gasteiger partial charge in [-0.3, -0.25) is 4.79 Å². The minimum atomic E-state index is -0.269. The van der Waals surface area contributed by atoms with Crippen molar-refractivity contribution in [2.24, 2.45) is 0 Å². The average Bonchev–Trinajstić information content (AvgIpc) is 2.38. The van der Waals surface area contributed by atoms with Crippen LogP contribution in [-0.2, 0) is 4.79 Å². The molecule has 1 atom stereocenters. The highest BCUT2D eigenvalue weighted by molar-refractivity contribution is 6.42. The van der Waals surface area contributed by atoms with Crippen molar-refractivity contribution in [3.63, 3.8) is 0 Å². The van der Waals surface area contributed by atoms with E-state index in [1.807, 2.05) is 37.9 Å². The van der Waals surface area contributed by atoms with Crippen LogP contribution >= 0.6 is 23.2 Å². The van der Waals surface area contributed by atoms with Gasteiger partial charge in [-0.1, -0.05) is 35.3 Å². The molecule has 2 rings (SSSR count). The molecular weight excluding hydrogens is 293 g/mol. The summed E-state index contributed by atoms with van der Waals surface area (Å²) in [4.78, 5) is 14.0. The number of Topliss-reactive ketones (excluding diaryl/α,β-unsaturated/α-hetero) is 1. The summed E-state index contributed by atoms with van der Waals surface area (Å²) in [6.45, 7) is 5.47. The minimum absolute atomic E-state index is 0.0235. The quantitative estimate of drug-likeness (QED) is 0.796. The SMILES string of the molecule is CC(=O)C1=C(C)N(C)C(C)=[C]C1c1cccc(Cl)c1Cl. The normalized spacial score (nSPS) is 19.2. The fraction of sp³-hybridized carbons (Fsp3) is 0.312. The Hall–Kier alpha value is -1.25.